The fourth-order valence-corrected chi connectivity index (χ4v) is 6.37. The van der Waals surface area contributed by atoms with Crippen LogP contribution in [-0.2, 0) is 0 Å². The number of benzene rings is 1. The van der Waals surface area contributed by atoms with Crippen molar-refractivity contribution < 1.29 is 4.79 Å². The van der Waals surface area contributed by atoms with E-state index >= 15 is 0 Å². The third kappa shape index (κ3) is 2.27. The van der Waals surface area contributed by atoms with Gasteiger partial charge in [0, 0.05) is 21.7 Å². The molecule has 2 N–H and O–H groups in total. The van der Waals surface area contributed by atoms with Crippen molar-refractivity contribution in [2.75, 3.05) is 0 Å². The second-order valence-corrected chi connectivity index (χ2v) is 8.81. The number of carbonyl (C=O) groups excluding carboxylic acids is 1. The summed E-state index contributed by atoms with van der Waals surface area (Å²) in [6, 6.07) is 7.87. The molecule has 3 nitrogen and oxygen atoms in total. The molecule has 1 heterocycles. The lowest BCUT2D eigenvalue weighted by molar-refractivity contribution is 0.0929. The van der Waals surface area contributed by atoms with Crippen molar-refractivity contribution in [1.82, 2.24) is 10.9 Å². The summed E-state index contributed by atoms with van der Waals surface area (Å²) in [5.74, 6) is 2.25. The summed E-state index contributed by atoms with van der Waals surface area (Å²) in [4.78, 5) is 13.2. The smallest absolute Gasteiger partial charge is 0.281 e. The first-order valence-electron chi connectivity index (χ1n) is 8.64. The number of fused-ring (bicyclic) bond motifs is 1. The number of nitrogens with one attached hydrogen (secondary N) is 2. The van der Waals surface area contributed by atoms with Gasteiger partial charge in [-0.05, 0) is 55.6 Å². The van der Waals surface area contributed by atoms with E-state index in [4.69, 9.17) is 11.6 Å². The Kier molecular flexibility index (Phi) is 3.39. The molecule has 2 unspecified atom stereocenters. The summed E-state index contributed by atoms with van der Waals surface area (Å²) in [5.41, 5.74) is 9.00. The third-order valence-corrected chi connectivity index (χ3v) is 7.49. The Morgan fingerprint density at radius 2 is 1.88 bits per heavy atom. The molecule has 24 heavy (non-hydrogen) atoms. The number of hydrazine groups is 1. The predicted molar refractivity (Wildman–Crippen MR) is 98.0 cm³/mol. The predicted octanol–water partition coefficient (Wildman–Crippen LogP) is 4.88. The van der Waals surface area contributed by atoms with Crippen LogP contribution in [0.25, 0.3) is 10.1 Å². The van der Waals surface area contributed by atoms with Gasteiger partial charge in [0.25, 0.3) is 5.91 Å². The van der Waals surface area contributed by atoms with Crippen molar-refractivity contribution in [3.8, 4) is 0 Å². The van der Waals surface area contributed by atoms with Crippen molar-refractivity contribution in [1.29, 1.82) is 0 Å². The number of hydrogen-bond donors (Lipinski definition) is 2. The van der Waals surface area contributed by atoms with Gasteiger partial charge in [0.1, 0.15) is 4.88 Å². The monoisotopic (exact) mass is 358 g/mol. The second-order valence-electron chi connectivity index (χ2n) is 7.38. The number of amides is 1. The number of allylic oxidation sites excluding steroid dienone is 2. The van der Waals surface area contributed by atoms with Crippen LogP contribution in [0, 0.1) is 17.8 Å². The Bertz CT molecular complexity index is 855. The van der Waals surface area contributed by atoms with E-state index in [2.05, 4.69) is 10.9 Å². The van der Waals surface area contributed by atoms with E-state index in [1.165, 1.54) is 49.1 Å². The van der Waals surface area contributed by atoms with Crippen LogP contribution in [0.15, 0.2) is 35.5 Å². The van der Waals surface area contributed by atoms with E-state index < -0.39 is 0 Å². The zero-order valence-electron chi connectivity index (χ0n) is 13.3. The van der Waals surface area contributed by atoms with Gasteiger partial charge in [-0.15, -0.1) is 11.3 Å². The minimum atomic E-state index is -0.136. The van der Waals surface area contributed by atoms with Gasteiger partial charge in [-0.3, -0.25) is 10.2 Å². The minimum absolute atomic E-state index is 0.136. The molecule has 124 valence electrons. The largest absolute Gasteiger partial charge is 0.302 e. The summed E-state index contributed by atoms with van der Waals surface area (Å²) in [6.45, 7) is 0. The van der Waals surface area contributed by atoms with Crippen molar-refractivity contribution in [2.45, 2.75) is 32.1 Å². The lowest BCUT2D eigenvalue weighted by Crippen LogP contribution is -2.45. The van der Waals surface area contributed by atoms with Crippen LogP contribution < -0.4 is 10.9 Å². The second kappa shape index (κ2) is 5.50. The molecule has 2 atom stereocenters. The Labute approximate surface area is 150 Å². The maximum absolute atomic E-state index is 12.6. The zero-order chi connectivity index (χ0) is 16.3. The van der Waals surface area contributed by atoms with Gasteiger partial charge < -0.3 is 5.43 Å². The van der Waals surface area contributed by atoms with Crippen LogP contribution in [0.5, 0.6) is 0 Å². The van der Waals surface area contributed by atoms with Gasteiger partial charge in [-0.1, -0.05) is 29.8 Å². The van der Waals surface area contributed by atoms with Crippen LogP contribution in [0.2, 0.25) is 5.02 Å². The molecule has 2 fully saturated rings. The molecule has 6 rings (SSSR count). The highest BCUT2D eigenvalue weighted by Crippen LogP contribution is 2.52. The summed E-state index contributed by atoms with van der Waals surface area (Å²) >= 11 is 7.85. The number of hydrogen-bond acceptors (Lipinski definition) is 3. The topological polar surface area (TPSA) is 41.1 Å². The van der Waals surface area contributed by atoms with E-state index in [0.29, 0.717) is 15.8 Å². The summed E-state index contributed by atoms with van der Waals surface area (Å²) in [5, 5.41) is 1.50. The Morgan fingerprint density at radius 1 is 1.12 bits per heavy atom. The first-order valence-corrected chi connectivity index (χ1v) is 9.83. The summed E-state index contributed by atoms with van der Waals surface area (Å²) < 4.78 is 1.05. The average molecular weight is 359 g/mol. The molecule has 1 aromatic heterocycles. The SMILES string of the molecule is O=C(NNC1=C2CC3CC(C2)CC1C3)c1sc2ccccc2c1Cl. The lowest BCUT2D eigenvalue weighted by Gasteiger charge is -2.47. The maximum atomic E-state index is 12.6. The molecule has 1 amide bonds. The molecule has 4 aliphatic rings. The highest BCUT2D eigenvalue weighted by atomic mass is 35.5. The molecule has 2 aromatic rings. The lowest BCUT2D eigenvalue weighted by atomic mass is 9.60. The Balaban J connectivity index is 1.36. The number of carbonyl (C=O) groups is 1. The van der Waals surface area contributed by atoms with Crippen molar-refractivity contribution in [3.05, 3.63) is 45.4 Å². The van der Waals surface area contributed by atoms with E-state index in [0.717, 1.165) is 21.9 Å². The van der Waals surface area contributed by atoms with Crippen molar-refractivity contribution in [3.63, 3.8) is 0 Å². The average Bonchev–Trinajstić information content (AvgIpc) is 2.91. The molecule has 2 saturated carbocycles. The standard InChI is InChI=1S/C19H19ClN2OS/c20-16-14-3-1-2-4-15(14)24-18(16)19(23)22-21-17-12-6-10-5-11(8-12)9-13(17)7-10/h1-4,10-12,21H,5-9H2,(H,22,23). The minimum Gasteiger partial charge on any atom is -0.302 e. The van der Waals surface area contributed by atoms with E-state index in [1.807, 2.05) is 24.3 Å². The van der Waals surface area contributed by atoms with E-state index in [1.54, 1.807) is 5.57 Å². The van der Waals surface area contributed by atoms with Gasteiger partial charge in [-0.2, -0.15) is 0 Å². The molecule has 0 saturated heterocycles. The van der Waals surface area contributed by atoms with Crippen LogP contribution in [-0.4, -0.2) is 5.91 Å². The number of rotatable bonds is 3. The molecule has 4 aliphatic carbocycles. The van der Waals surface area contributed by atoms with Crippen LogP contribution in [0.4, 0.5) is 0 Å². The molecule has 4 bridgehead atoms. The van der Waals surface area contributed by atoms with Gasteiger partial charge >= 0.3 is 0 Å². The molecule has 0 spiro atoms. The van der Waals surface area contributed by atoms with Crippen molar-refractivity contribution >= 4 is 38.9 Å². The third-order valence-electron chi connectivity index (χ3n) is 5.81. The van der Waals surface area contributed by atoms with E-state index in [-0.39, 0.29) is 5.91 Å². The summed E-state index contributed by atoms with van der Waals surface area (Å²) in [7, 11) is 0. The van der Waals surface area contributed by atoms with E-state index in [9.17, 15) is 4.79 Å². The molecular weight excluding hydrogens is 340 g/mol. The number of thiophene rings is 1. The molecule has 0 radical (unpaired) electrons. The molecule has 0 aliphatic heterocycles. The number of halogens is 1. The molecule has 1 aromatic carbocycles. The Hall–Kier alpha value is -1.52. The first kappa shape index (κ1) is 14.8. The fraction of sp³-hybridized carbons (Fsp3) is 0.421. The maximum Gasteiger partial charge on any atom is 0.281 e. The fourth-order valence-electron chi connectivity index (χ4n) is 4.95. The van der Waals surface area contributed by atoms with Crippen LogP contribution >= 0.6 is 22.9 Å². The normalized spacial score (nSPS) is 27.8. The van der Waals surface area contributed by atoms with Gasteiger partial charge in [0.2, 0.25) is 0 Å². The molecular formula is C19H19ClN2OS. The Morgan fingerprint density at radius 3 is 2.58 bits per heavy atom. The van der Waals surface area contributed by atoms with Gasteiger partial charge in [0.15, 0.2) is 0 Å². The van der Waals surface area contributed by atoms with Crippen LogP contribution in [0.1, 0.15) is 41.8 Å². The highest BCUT2D eigenvalue weighted by Gasteiger charge is 2.41. The highest BCUT2D eigenvalue weighted by molar-refractivity contribution is 7.21. The zero-order valence-corrected chi connectivity index (χ0v) is 14.8. The summed E-state index contributed by atoms with van der Waals surface area (Å²) in [6.07, 6.45) is 6.41. The van der Waals surface area contributed by atoms with Gasteiger partial charge in [0.05, 0.1) is 5.02 Å². The molecule has 5 heteroatoms. The van der Waals surface area contributed by atoms with Gasteiger partial charge in [-0.25, -0.2) is 0 Å². The first-order chi connectivity index (χ1) is 11.7. The van der Waals surface area contributed by atoms with Crippen molar-refractivity contribution in [2.24, 2.45) is 17.8 Å². The quantitative estimate of drug-likeness (QED) is 0.767. The van der Waals surface area contributed by atoms with Crippen LogP contribution in [0.3, 0.4) is 0 Å².